The average molecular weight is 207 g/mol. The molecule has 0 bridgehead atoms. The van der Waals surface area contributed by atoms with Crippen LogP contribution in [-0.2, 0) is 11.3 Å². The lowest BCUT2D eigenvalue weighted by atomic mass is 10.1. The summed E-state index contributed by atoms with van der Waals surface area (Å²) in [4.78, 5) is 13.8. The van der Waals surface area contributed by atoms with Gasteiger partial charge in [-0.25, -0.2) is 0 Å². The molecular formula is C11H17N3O. The van der Waals surface area contributed by atoms with Gasteiger partial charge in [-0.2, -0.15) is 5.10 Å². The molecule has 0 aromatic carbocycles. The summed E-state index contributed by atoms with van der Waals surface area (Å²) in [6, 6.07) is 2.16. The van der Waals surface area contributed by atoms with E-state index in [-0.39, 0.29) is 11.9 Å². The molecule has 82 valence electrons. The molecule has 0 radical (unpaired) electrons. The summed E-state index contributed by atoms with van der Waals surface area (Å²) < 4.78 is 1.99. The zero-order chi connectivity index (χ0) is 10.8. The maximum atomic E-state index is 11.8. The zero-order valence-electron chi connectivity index (χ0n) is 9.31. The van der Waals surface area contributed by atoms with Crippen molar-refractivity contribution in [2.24, 2.45) is 0 Å². The van der Waals surface area contributed by atoms with Gasteiger partial charge in [0, 0.05) is 19.2 Å². The van der Waals surface area contributed by atoms with Gasteiger partial charge in [-0.1, -0.05) is 6.92 Å². The number of nitrogens with zero attached hydrogens (tertiary/aromatic N) is 3. The van der Waals surface area contributed by atoms with Crippen LogP contribution in [0.3, 0.4) is 0 Å². The summed E-state index contributed by atoms with van der Waals surface area (Å²) in [5.74, 6) is 0.262. The van der Waals surface area contributed by atoms with E-state index in [1.807, 2.05) is 22.6 Å². The molecule has 1 aliphatic rings. The highest BCUT2D eigenvalue weighted by Crippen LogP contribution is 2.24. The van der Waals surface area contributed by atoms with Crippen LogP contribution in [0.15, 0.2) is 12.3 Å². The first-order valence-electron chi connectivity index (χ1n) is 5.55. The van der Waals surface area contributed by atoms with E-state index >= 15 is 0 Å². The number of aromatic nitrogens is 2. The summed E-state index contributed by atoms with van der Waals surface area (Å²) in [5, 5.41) is 4.23. The summed E-state index contributed by atoms with van der Waals surface area (Å²) in [7, 11) is 0. The van der Waals surface area contributed by atoms with E-state index in [1.165, 1.54) is 0 Å². The SMILES string of the molecule is CCCC(=O)N1CCn2nccc2C1C. The van der Waals surface area contributed by atoms with Crippen LogP contribution in [0.5, 0.6) is 0 Å². The average Bonchev–Trinajstić information content (AvgIpc) is 2.67. The lowest BCUT2D eigenvalue weighted by Crippen LogP contribution is -2.40. The van der Waals surface area contributed by atoms with Crippen LogP contribution in [0.25, 0.3) is 0 Å². The van der Waals surface area contributed by atoms with Gasteiger partial charge in [0.15, 0.2) is 0 Å². The van der Waals surface area contributed by atoms with Crippen molar-refractivity contribution in [2.45, 2.75) is 39.3 Å². The lowest BCUT2D eigenvalue weighted by Gasteiger charge is -2.34. The van der Waals surface area contributed by atoms with Crippen LogP contribution < -0.4 is 0 Å². The van der Waals surface area contributed by atoms with E-state index in [2.05, 4.69) is 12.0 Å². The van der Waals surface area contributed by atoms with E-state index < -0.39 is 0 Å². The van der Waals surface area contributed by atoms with Crippen molar-refractivity contribution in [3.8, 4) is 0 Å². The lowest BCUT2D eigenvalue weighted by molar-refractivity contribution is -0.134. The quantitative estimate of drug-likeness (QED) is 0.738. The van der Waals surface area contributed by atoms with E-state index in [0.29, 0.717) is 6.42 Å². The molecule has 1 unspecified atom stereocenters. The molecule has 0 fully saturated rings. The summed E-state index contributed by atoms with van der Waals surface area (Å²) in [5.41, 5.74) is 1.14. The molecule has 1 aromatic heterocycles. The van der Waals surface area contributed by atoms with Gasteiger partial charge in [0.05, 0.1) is 18.3 Å². The highest BCUT2D eigenvalue weighted by molar-refractivity contribution is 5.76. The Labute approximate surface area is 89.9 Å². The van der Waals surface area contributed by atoms with Crippen LogP contribution in [0.2, 0.25) is 0 Å². The van der Waals surface area contributed by atoms with Crippen molar-refractivity contribution in [3.05, 3.63) is 18.0 Å². The summed E-state index contributed by atoms with van der Waals surface area (Å²) in [6.07, 6.45) is 3.37. The Balaban J connectivity index is 2.16. The van der Waals surface area contributed by atoms with Gasteiger partial charge in [-0.15, -0.1) is 0 Å². The minimum atomic E-state index is 0.167. The third kappa shape index (κ3) is 1.76. The fourth-order valence-corrected chi connectivity index (χ4v) is 2.14. The van der Waals surface area contributed by atoms with E-state index in [1.54, 1.807) is 6.20 Å². The third-order valence-corrected chi connectivity index (χ3v) is 2.98. The first-order valence-corrected chi connectivity index (χ1v) is 5.55. The van der Waals surface area contributed by atoms with Gasteiger partial charge >= 0.3 is 0 Å². The molecule has 0 saturated carbocycles. The predicted molar refractivity (Wildman–Crippen MR) is 57.3 cm³/mol. The normalized spacial score (nSPS) is 20.1. The Morgan fingerprint density at radius 1 is 1.60 bits per heavy atom. The standard InChI is InChI=1S/C11H17N3O/c1-3-4-11(15)13-7-8-14-10(9(13)2)5-6-12-14/h5-6,9H,3-4,7-8H2,1-2H3. The van der Waals surface area contributed by atoms with Crippen molar-refractivity contribution in [1.29, 1.82) is 0 Å². The van der Waals surface area contributed by atoms with E-state index in [9.17, 15) is 4.79 Å². The van der Waals surface area contributed by atoms with Crippen molar-refractivity contribution in [2.75, 3.05) is 6.54 Å². The summed E-state index contributed by atoms with van der Waals surface area (Å²) in [6.45, 7) is 5.72. The maximum absolute atomic E-state index is 11.8. The minimum Gasteiger partial charge on any atom is -0.333 e. The van der Waals surface area contributed by atoms with Gasteiger partial charge < -0.3 is 4.90 Å². The Bertz CT molecular complexity index is 358. The highest BCUT2D eigenvalue weighted by Gasteiger charge is 2.27. The van der Waals surface area contributed by atoms with Gasteiger partial charge in [0.2, 0.25) is 5.91 Å². The Morgan fingerprint density at radius 3 is 3.13 bits per heavy atom. The molecular weight excluding hydrogens is 190 g/mol. The first-order chi connectivity index (χ1) is 7.24. The van der Waals surface area contributed by atoms with Crippen LogP contribution in [0.4, 0.5) is 0 Å². The molecule has 15 heavy (non-hydrogen) atoms. The van der Waals surface area contributed by atoms with Crippen molar-refractivity contribution in [3.63, 3.8) is 0 Å². The largest absolute Gasteiger partial charge is 0.333 e. The molecule has 4 heteroatoms. The number of carbonyl (C=O) groups excluding carboxylic acids is 1. The Hall–Kier alpha value is -1.32. The van der Waals surface area contributed by atoms with Crippen LogP contribution in [0, 0.1) is 0 Å². The number of rotatable bonds is 2. The molecule has 2 heterocycles. The van der Waals surface area contributed by atoms with Crippen LogP contribution in [0.1, 0.15) is 38.4 Å². The monoisotopic (exact) mass is 207 g/mol. The van der Waals surface area contributed by atoms with E-state index in [0.717, 1.165) is 25.2 Å². The Kier molecular flexibility index (Phi) is 2.75. The predicted octanol–water partition coefficient (Wildman–Crippen LogP) is 1.59. The van der Waals surface area contributed by atoms with Gasteiger partial charge in [0.1, 0.15) is 0 Å². The van der Waals surface area contributed by atoms with Gasteiger partial charge in [-0.05, 0) is 19.4 Å². The smallest absolute Gasteiger partial charge is 0.223 e. The van der Waals surface area contributed by atoms with Crippen molar-refractivity contribution >= 4 is 5.91 Å². The number of fused-ring (bicyclic) bond motifs is 1. The molecule has 1 aliphatic heterocycles. The van der Waals surface area contributed by atoms with Gasteiger partial charge in [-0.3, -0.25) is 9.48 Å². The van der Waals surface area contributed by atoms with E-state index in [4.69, 9.17) is 0 Å². The molecule has 1 atom stereocenters. The van der Waals surface area contributed by atoms with Crippen molar-refractivity contribution in [1.82, 2.24) is 14.7 Å². The number of hydrogen-bond acceptors (Lipinski definition) is 2. The molecule has 1 aromatic rings. The Morgan fingerprint density at radius 2 is 2.40 bits per heavy atom. The second kappa shape index (κ2) is 4.04. The maximum Gasteiger partial charge on any atom is 0.223 e. The van der Waals surface area contributed by atoms with Crippen LogP contribution in [-0.4, -0.2) is 27.1 Å². The topological polar surface area (TPSA) is 38.1 Å². The molecule has 1 amide bonds. The molecule has 0 aliphatic carbocycles. The van der Waals surface area contributed by atoms with Gasteiger partial charge in [0.25, 0.3) is 0 Å². The fourth-order valence-electron chi connectivity index (χ4n) is 2.14. The minimum absolute atomic E-state index is 0.167. The van der Waals surface area contributed by atoms with Crippen molar-refractivity contribution < 1.29 is 4.79 Å². The van der Waals surface area contributed by atoms with Crippen LogP contribution >= 0.6 is 0 Å². The molecule has 0 N–H and O–H groups in total. The fraction of sp³-hybridized carbons (Fsp3) is 0.636. The molecule has 0 saturated heterocycles. The number of hydrogen-bond donors (Lipinski definition) is 0. The number of carbonyl (C=O) groups is 1. The molecule has 4 nitrogen and oxygen atoms in total. The third-order valence-electron chi connectivity index (χ3n) is 2.98. The molecule has 0 spiro atoms. The molecule has 2 rings (SSSR count). The second-order valence-corrected chi connectivity index (χ2v) is 3.99. The number of amides is 1. The summed E-state index contributed by atoms with van der Waals surface area (Å²) >= 11 is 0. The first kappa shape index (κ1) is 10.2. The second-order valence-electron chi connectivity index (χ2n) is 3.99. The highest BCUT2D eigenvalue weighted by atomic mass is 16.2. The zero-order valence-corrected chi connectivity index (χ0v) is 9.31.